The van der Waals surface area contributed by atoms with E-state index in [4.69, 9.17) is 4.74 Å². The monoisotopic (exact) mass is 300 g/mol. The molecule has 1 amide bonds. The van der Waals surface area contributed by atoms with Crippen molar-refractivity contribution in [3.8, 4) is 5.75 Å². The van der Waals surface area contributed by atoms with E-state index < -0.39 is 5.97 Å². The molecule has 1 aromatic heterocycles. The normalized spacial score (nSPS) is 13.3. The summed E-state index contributed by atoms with van der Waals surface area (Å²) in [7, 11) is 0. The van der Waals surface area contributed by atoms with E-state index in [0.29, 0.717) is 17.1 Å². The molecule has 0 saturated heterocycles. The highest BCUT2D eigenvalue weighted by molar-refractivity contribution is 6.04. The molecule has 0 saturated carbocycles. The highest BCUT2D eigenvalue weighted by Gasteiger charge is 2.18. The maximum Gasteiger partial charge on any atom is 0.308 e. The highest BCUT2D eigenvalue weighted by Crippen LogP contribution is 2.21. The molecule has 0 radical (unpaired) electrons. The van der Waals surface area contributed by atoms with Crippen LogP contribution in [0.2, 0.25) is 0 Å². The predicted octanol–water partition coefficient (Wildman–Crippen LogP) is 1.23. The Morgan fingerprint density at radius 1 is 1.36 bits per heavy atom. The number of hydrogen-bond donors (Lipinski definition) is 3. The van der Waals surface area contributed by atoms with Crippen LogP contribution in [-0.2, 0) is 17.8 Å². The van der Waals surface area contributed by atoms with Crippen molar-refractivity contribution < 1.29 is 14.3 Å². The van der Waals surface area contributed by atoms with Crippen molar-refractivity contribution in [1.82, 2.24) is 15.5 Å². The van der Waals surface area contributed by atoms with Crippen molar-refractivity contribution in [2.24, 2.45) is 0 Å². The van der Waals surface area contributed by atoms with E-state index in [9.17, 15) is 9.59 Å². The molecule has 7 heteroatoms. The number of rotatable bonds is 3. The van der Waals surface area contributed by atoms with Crippen LogP contribution in [0.1, 0.15) is 28.5 Å². The summed E-state index contributed by atoms with van der Waals surface area (Å²) >= 11 is 0. The van der Waals surface area contributed by atoms with Gasteiger partial charge in [-0.2, -0.15) is 5.10 Å². The van der Waals surface area contributed by atoms with E-state index in [1.54, 1.807) is 18.2 Å². The molecule has 0 bridgehead atoms. The smallest absolute Gasteiger partial charge is 0.308 e. The molecule has 7 nitrogen and oxygen atoms in total. The summed E-state index contributed by atoms with van der Waals surface area (Å²) in [4.78, 5) is 23.3. The summed E-state index contributed by atoms with van der Waals surface area (Å²) < 4.78 is 4.98. The molecule has 1 aromatic carbocycles. The Hall–Kier alpha value is -2.67. The minimum Gasteiger partial charge on any atom is -0.427 e. The maximum atomic E-state index is 12.3. The average Bonchev–Trinajstić information content (AvgIpc) is 2.90. The third kappa shape index (κ3) is 2.99. The lowest BCUT2D eigenvalue weighted by atomic mass is 10.1. The number of aromatic nitrogens is 2. The topological polar surface area (TPSA) is 96.1 Å². The van der Waals surface area contributed by atoms with E-state index in [1.165, 1.54) is 13.0 Å². The Labute approximate surface area is 127 Å². The van der Waals surface area contributed by atoms with Gasteiger partial charge < -0.3 is 15.4 Å². The molecule has 114 valence electrons. The van der Waals surface area contributed by atoms with Crippen LogP contribution in [0.4, 0.5) is 5.82 Å². The van der Waals surface area contributed by atoms with Crippen LogP contribution >= 0.6 is 0 Å². The van der Waals surface area contributed by atoms with Crippen LogP contribution in [0.25, 0.3) is 0 Å². The molecule has 2 aromatic rings. The number of fused-ring (bicyclic) bond motifs is 1. The second-order valence-electron chi connectivity index (χ2n) is 5.03. The van der Waals surface area contributed by atoms with Gasteiger partial charge in [0.1, 0.15) is 5.75 Å². The number of nitrogens with zero attached hydrogens (tertiary/aromatic N) is 1. The number of anilines is 1. The lowest BCUT2D eigenvalue weighted by Gasteiger charge is -2.13. The molecule has 2 heterocycles. The zero-order chi connectivity index (χ0) is 15.5. The first-order valence-corrected chi connectivity index (χ1v) is 7.00. The van der Waals surface area contributed by atoms with Crippen molar-refractivity contribution in [3.05, 3.63) is 41.1 Å². The zero-order valence-electron chi connectivity index (χ0n) is 12.1. The summed E-state index contributed by atoms with van der Waals surface area (Å²) in [6.07, 6.45) is 0.814. The van der Waals surface area contributed by atoms with E-state index >= 15 is 0 Å². The number of ether oxygens (including phenoxy) is 1. The molecular formula is C15H16N4O3. The number of H-pyrrole nitrogens is 1. The Kier molecular flexibility index (Phi) is 3.88. The van der Waals surface area contributed by atoms with Crippen LogP contribution in [0.3, 0.4) is 0 Å². The Morgan fingerprint density at radius 2 is 2.23 bits per heavy atom. The fourth-order valence-electron chi connectivity index (χ4n) is 2.39. The number of nitrogens with one attached hydrogen (secondary N) is 3. The fraction of sp³-hybridized carbons (Fsp3) is 0.267. The molecule has 22 heavy (non-hydrogen) atoms. The van der Waals surface area contributed by atoms with Gasteiger partial charge in [0.15, 0.2) is 5.82 Å². The van der Waals surface area contributed by atoms with E-state index in [0.717, 1.165) is 30.8 Å². The van der Waals surface area contributed by atoms with Crippen molar-refractivity contribution in [1.29, 1.82) is 0 Å². The molecular weight excluding hydrogens is 284 g/mol. The second-order valence-corrected chi connectivity index (χ2v) is 5.03. The molecule has 1 aliphatic rings. The second kappa shape index (κ2) is 5.98. The van der Waals surface area contributed by atoms with E-state index in [-0.39, 0.29) is 5.91 Å². The number of carbonyl (C=O) groups is 2. The molecule has 0 spiro atoms. The number of aromatic amines is 1. The van der Waals surface area contributed by atoms with Crippen molar-refractivity contribution in [2.75, 3.05) is 11.9 Å². The van der Waals surface area contributed by atoms with Crippen LogP contribution in [0.15, 0.2) is 24.3 Å². The number of esters is 1. The van der Waals surface area contributed by atoms with Crippen LogP contribution in [-0.4, -0.2) is 28.6 Å². The summed E-state index contributed by atoms with van der Waals surface area (Å²) in [6.45, 7) is 2.90. The lowest BCUT2D eigenvalue weighted by molar-refractivity contribution is -0.131. The van der Waals surface area contributed by atoms with Gasteiger partial charge in [0, 0.05) is 24.6 Å². The van der Waals surface area contributed by atoms with Gasteiger partial charge in [-0.1, -0.05) is 6.07 Å². The van der Waals surface area contributed by atoms with Crippen LogP contribution in [0.5, 0.6) is 5.75 Å². The number of carbonyl (C=O) groups excluding carboxylic acids is 2. The highest BCUT2D eigenvalue weighted by atomic mass is 16.5. The number of hydrogen-bond acceptors (Lipinski definition) is 5. The molecule has 0 fully saturated rings. The van der Waals surface area contributed by atoms with Crippen LogP contribution in [0, 0.1) is 0 Å². The van der Waals surface area contributed by atoms with Gasteiger partial charge in [-0.25, -0.2) is 0 Å². The van der Waals surface area contributed by atoms with Crippen molar-refractivity contribution in [2.45, 2.75) is 19.9 Å². The molecule has 3 N–H and O–H groups in total. The fourth-order valence-corrected chi connectivity index (χ4v) is 2.39. The lowest BCUT2D eigenvalue weighted by Crippen LogP contribution is -2.24. The molecule has 0 unspecified atom stereocenters. The van der Waals surface area contributed by atoms with E-state index in [2.05, 4.69) is 20.8 Å². The van der Waals surface area contributed by atoms with Crippen molar-refractivity contribution in [3.63, 3.8) is 0 Å². The first kappa shape index (κ1) is 14.3. The minimum atomic E-state index is -0.425. The number of benzene rings is 1. The summed E-state index contributed by atoms with van der Waals surface area (Å²) in [6, 6.07) is 6.47. The Bertz CT molecular complexity index is 723. The van der Waals surface area contributed by atoms with Gasteiger partial charge in [-0.15, -0.1) is 0 Å². The largest absolute Gasteiger partial charge is 0.427 e. The zero-order valence-corrected chi connectivity index (χ0v) is 12.1. The summed E-state index contributed by atoms with van der Waals surface area (Å²) in [5, 5.41) is 13.1. The van der Waals surface area contributed by atoms with Gasteiger partial charge in [0.25, 0.3) is 5.91 Å². The first-order chi connectivity index (χ1) is 10.6. The first-order valence-electron chi connectivity index (χ1n) is 7.00. The summed E-state index contributed by atoms with van der Waals surface area (Å²) in [5.41, 5.74) is 2.43. The van der Waals surface area contributed by atoms with Crippen LogP contribution < -0.4 is 15.4 Å². The minimum absolute atomic E-state index is 0.290. The maximum absolute atomic E-state index is 12.3. The number of amides is 1. The molecule has 0 aliphatic carbocycles. The third-order valence-electron chi connectivity index (χ3n) is 3.40. The average molecular weight is 300 g/mol. The van der Waals surface area contributed by atoms with Gasteiger partial charge in [0.05, 0.1) is 5.69 Å². The molecule has 1 aliphatic heterocycles. The Morgan fingerprint density at radius 3 is 3.05 bits per heavy atom. The van der Waals surface area contributed by atoms with Gasteiger partial charge in [-0.3, -0.25) is 14.7 Å². The SMILES string of the molecule is CC(=O)Oc1cccc(C(=O)Nc2n[nH]c3c2CCNC3)c1. The molecule has 3 rings (SSSR count). The van der Waals surface area contributed by atoms with Gasteiger partial charge in [0.2, 0.25) is 0 Å². The third-order valence-corrected chi connectivity index (χ3v) is 3.40. The molecule has 0 atom stereocenters. The Balaban J connectivity index is 1.77. The van der Waals surface area contributed by atoms with E-state index in [1.807, 2.05) is 0 Å². The predicted molar refractivity (Wildman–Crippen MR) is 79.7 cm³/mol. The quantitative estimate of drug-likeness (QED) is 0.585. The summed E-state index contributed by atoms with van der Waals surface area (Å²) in [5.74, 6) is 0.182. The van der Waals surface area contributed by atoms with Gasteiger partial charge >= 0.3 is 5.97 Å². The van der Waals surface area contributed by atoms with Crippen molar-refractivity contribution >= 4 is 17.7 Å². The standard InChI is InChI=1S/C15H16N4O3/c1-9(20)22-11-4-2-3-10(7-11)15(21)17-14-12-5-6-16-8-13(12)18-19-14/h2-4,7,16H,5-6,8H2,1H3,(H2,17,18,19,21). The van der Waals surface area contributed by atoms with Gasteiger partial charge in [-0.05, 0) is 31.2 Å².